The zero-order valence-electron chi connectivity index (χ0n) is 19.6. The predicted molar refractivity (Wildman–Crippen MR) is 130 cm³/mol. The molecule has 1 fully saturated rings. The number of likely N-dealkylation sites (N-methyl/N-ethyl adjacent to an activating group) is 1. The molecule has 35 heavy (non-hydrogen) atoms. The van der Waals surface area contributed by atoms with Crippen LogP contribution in [0, 0.1) is 0 Å². The molecule has 5 rings (SSSR count). The first kappa shape index (κ1) is 23.9. The Bertz CT molecular complexity index is 1250. The molecular formula is C24H28ClF2N7O. The summed E-state index contributed by atoms with van der Waals surface area (Å²) in [5.74, 6) is 0. The summed E-state index contributed by atoms with van der Waals surface area (Å²) in [6, 6.07) is 6.64. The van der Waals surface area contributed by atoms with Crippen molar-refractivity contribution in [2.75, 3.05) is 44.7 Å². The van der Waals surface area contributed by atoms with Crippen molar-refractivity contribution >= 4 is 17.3 Å². The van der Waals surface area contributed by atoms with Crippen LogP contribution in [-0.2, 0) is 26.1 Å². The van der Waals surface area contributed by atoms with Gasteiger partial charge in [-0.15, -0.1) is 0 Å². The Labute approximate surface area is 207 Å². The van der Waals surface area contributed by atoms with Gasteiger partial charge in [0.15, 0.2) is 0 Å². The second-order valence-electron chi connectivity index (χ2n) is 9.18. The summed E-state index contributed by atoms with van der Waals surface area (Å²) in [6.45, 7) is 6.00. The molecule has 0 unspecified atom stereocenters. The van der Waals surface area contributed by atoms with Crippen molar-refractivity contribution in [2.24, 2.45) is 0 Å². The molecule has 2 aliphatic heterocycles. The van der Waals surface area contributed by atoms with Crippen molar-refractivity contribution in [3.05, 3.63) is 73.9 Å². The van der Waals surface area contributed by atoms with Crippen molar-refractivity contribution in [1.82, 2.24) is 29.8 Å². The van der Waals surface area contributed by atoms with Crippen LogP contribution in [0.1, 0.15) is 34.5 Å². The third kappa shape index (κ3) is 4.96. The molecule has 2 aromatic heterocycles. The first-order valence-corrected chi connectivity index (χ1v) is 12.1. The monoisotopic (exact) mass is 503 g/mol. The highest BCUT2D eigenvalue weighted by Crippen LogP contribution is 2.31. The van der Waals surface area contributed by atoms with Crippen LogP contribution in [0.25, 0.3) is 0 Å². The van der Waals surface area contributed by atoms with Gasteiger partial charge in [-0.25, -0.2) is 13.9 Å². The van der Waals surface area contributed by atoms with Crippen molar-refractivity contribution in [3.63, 3.8) is 0 Å². The first-order valence-electron chi connectivity index (χ1n) is 11.7. The fourth-order valence-electron chi connectivity index (χ4n) is 4.89. The highest BCUT2D eigenvalue weighted by atomic mass is 35.5. The van der Waals surface area contributed by atoms with E-state index in [2.05, 4.69) is 27.0 Å². The van der Waals surface area contributed by atoms with E-state index >= 15 is 0 Å². The van der Waals surface area contributed by atoms with E-state index in [0.29, 0.717) is 43.9 Å². The van der Waals surface area contributed by atoms with Gasteiger partial charge in [-0.1, -0.05) is 35.9 Å². The molecule has 0 spiro atoms. The number of halogens is 3. The number of rotatable bonds is 6. The van der Waals surface area contributed by atoms with Gasteiger partial charge in [0.25, 0.3) is 12.0 Å². The third-order valence-corrected chi connectivity index (χ3v) is 7.28. The maximum absolute atomic E-state index is 13.6. The Hall–Kier alpha value is -2.82. The fourth-order valence-corrected chi connectivity index (χ4v) is 5.10. The summed E-state index contributed by atoms with van der Waals surface area (Å²) in [6.07, 6.45) is -0.313. The molecule has 1 aromatic carbocycles. The Morgan fingerprint density at radius 1 is 1.11 bits per heavy atom. The van der Waals surface area contributed by atoms with Gasteiger partial charge in [0.05, 0.1) is 24.1 Å². The van der Waals surface area contributed by atoms with E-state index in [1.807, 2.05) is 9.58 Å². The molecule has 0 radical (unpaired) electrons. The summed E-state index contributed by atoms with van der Waals surface area (Å²) in [5, 5.41) is 11.3. The molecule has 4 heterocycles. The van der Waals surface area contributed by atoms with E-state index in [9.17, 15) is 13.6 Å². The van der Waals surface area contributed by atoms with Crippen LogP contribution < -0.4 is 10.5 Å². The van der Waals surface area contributed by atoms with E-state index in [4.69, 9.17) is 16.7 Å². The topological polar surface area (TPSA) is 73.3 Å². The van der Waals surface area contributed by atoms with E-state index in [1.165, 1.54) is 6.07 Å². The summed E-state index contributed by atoms with van der Waals surface area (Å²) in [5.41, 5.74) is 3.83. The Morgan fingerprint density at radius 3 is 2.66 bits per heavy atom. The molecule has 0 saturated carbocycles. The minimum atomic E-state index is -2.54. The Balaban J connectivity index is 1.49. The average Bonchev–Trinajstić information content (AvgIpc) is 3.18. The van der Waals surface area contributed by atoms with Gasteiger partial charge >= 0.3 is 0 Å². The van der Waals surface area contributed by atoms with E-state index in [1.54, 1.807) is 24.4 Å². The molecule has 8 nitrogen and oxygen atoms in total. The van der Waals surface area contributed by atoms with Crippen LogP contribution in [0.4, 0.5) is 14.5 Å². The maximum Gasteiger partial charge on any atom is 0.285 e. The average molecular weight is 504 g/mol. The zero-order chi connectivity index (χ0) is 24.5. The van der Waals surface area contributed by atoms with Crippen molar-refractivity contribution < 1.29 is 8.78 Å². The highest BCUT2D eigenvalue weighted by Gasteiger charge is 2.28. The van der Waals surface area contributed by atoms with Crippen molar-refractivity contribution in [3.8, 4) is 0 Å². The summed E-state index contributed by atoms with van der Waals surface area (Å²) < 4.78 is 29.1. The smallest absolute Gasteiger partial charge is 0.285 e. The van der Waals surface area contributed by atoms with Gasteiger partial charge in [-0.3, -0.25) is 14.4 Å². The van der Waals surface area contributed by atoms with Crippen LogP contribution in [-0.4, -0.2) is 69.5 Å². The van der Waals surface area contributed by atoms with Gasteiger partial charge in [0.2, 0.25) is 0 Å². The maximum atomic E-state index is 13.6. The lowest BCUT2D eigenvalue weighted by molar-refractivity contribution is 0.146. The number of aromatic nitrogens is 4. The molecule has 0 bridgehead atoms. The van der Waals surface area contributed by atoms with Gasteiger partial charge in [-0.05, 0) is 12.6 Å². The molecule has 3 aromatic rings. The number of hydrogen-bond acceptors (Lipinski definition) is 6. The number of H-pyrrole nitrogens is 1. The van der Waals surface area contributed by atoms with E-state index < -0.39 is 12.0 Å². The zero-order valence-corrected chi connectivity index (χ0v) is 20.3. The number of aromatic amines is 1. The number of nitrogens with zero attached hydrogens (tertiary/aromatic N) is 6. The standard InChI is InChI=1S/C24H28ClF2N7O/c1-31-8-10-32(11-9-31)15-19-18-14-33(21-12-28-29-24(35)22(21)25)7-6-20(18)34(30-19)13-16-4-2-3-5-17(16)23(26)27/h2-5,12,23H,6-11,13-15H2,1H3,(H,29,35). The number of fused-ring (bicyclic) bond motifs is 1. The summed E-state index contributed by atoms with van der Waals surface area (Å²) in [7, 11) is 2.12. The molecule has 0 aliphatic carbocycles. The molecule has 11 heteroatoms. The van der Waals surface area contributed by atoms with Gasteiger partial charge in [-0.2, -0.15) is 10.2 Å². The van der Waals surface area contributed by atoms with Crippen LogP contribution in [0.5, 0.6) is 0 Å². The molecule has 2 aliphatic rings. The fraction of sp³-hybridized carbons (Fsp3) is 0.458. The minimum Gasteiger partial charge on any atom is -0.364 e. The second kappa shape index (κ2) is 10.0. The van der Waals surface area contributed by atoms with Crippen molar-refractivity contribution in [1.29, 1.82) is 0 Å². The van der Waals surface area contributed by atoms with Crippen molar-refractivity contribution in [2.45, 2.75) is 32.5 Å². The lowest BCUT2D eigenvalue weighted by Gasteiger charge is -2.33. The number of piperazine rings is 1. The van der Waals surface area contributed by atoms with Crippen LogP contribution in [0.2, 0.25) is 5.02 Å². The number of alkyl halides is 2. The van der Waals surface area contributed by atoms with Gasteiger partial charge in [0, 0.05) is 69.1 Å². The van der Waals surface area contributed by atoms with Gasteiger partial charge in [0.1, 0.15) is 5.02 Å². The van der Waals surface area contributed by atoms with E-state index in [0.717, 1.165) is 43.1 Å². The largest absolute Gasteiger partial charge is 0.364 e. The third-order valence-electron chi connectivity index (χ3n) is 6.91. The van der Waals surface area contributed by atoms with Crippen LogP contribution >= 0.6 is 11.6 Å². The number of nitrogens with one attached hydrogen (secondary N) is 1. The first-order chi connectivity index (χ1) is 16.9. The molecule has 186 valence electrons. The van der Waals surface area contributed by atoms with Crippen LogP contribution in [0.3, 0.4) is 0 Å². The van der Waals surface area contributed by atoms with Crippen LogP contribution in [0.15, 0.2) is 35.3 Å². The Morgan fingerprint density at radius 2 is 1.89 bits per heavy atom. The van der Waals surface area contributed by atoms with Gasteiger partial charge < -0.3 is 9.80 Å². The second-order valence-corrected chi connectivity index (χ2v) is 9.56. The predicted octanol–water partition coefficient (Wildman–Crippen LogP) is 2.92. The van der Waals surface area contributed by atoms with E-state index in [-0.39, 0.29) is 10.6 Å². The number of anilines is 1. The highest BCUT2D eigenvalue weighted by molar-refractivity contribution is 6.33. The molecular weight excluding hydrogens is 476 g/mol. The minimum absolute atomic E-state index is 0.0381. The lowest BCUT2D eigenvalue weighted by Crippen LogP contribution is -2.44. The summed E-state index contributed by atoms with van der Waals surface area (Å²) >= 11 is 6.29. The molecule has 1 N–H and O–H groups in total. The molecule has 0 amide bonds. The SMILES string of the molecule is CN1CCN(Cc2nn(Cc3ccccc3C(F)F)c3c2CN(c2cn[nH]c(=O)c2Cl)CC3)CC1. The number of hydrogen-bond donors (Lipinski definition) is 1. The summed E-state index contributed by atoms with van der Waals surface area (Å²) in [4.78, 5) is 18.7. The molecule has 0 atom stereocenters. The molecule has 1 saturated heterocycles. The Kier molecular flexibility index (Phi) is 6.86. The number of benzene rings is 1. The normalized spacial score (nSPS) is 17.2. The lowest BCUT2D eigenvalue weighted by atomic mass is 10.0. The quantitative estimate of drug-likeness (QED) is 0.557.